The molecular formula is C15H22N4. The number of para-hydroxylation sites is 1. The summed E-state index contributed by atoms with van der Waals surface area (Å²) in [5, 5.41) is 11.6. The normalized spacial score (nSPS) is 12.5. The van der Waals surface area contributed by atoms with Gasteiger partial charge >= 0.3 is 0 Å². The zero-order valence-electron chi connectivity index (χ0n) is 11.8. The number of benzene rings is 1. The van der Waals surface area contributed by atoms with Crippen molar-refractivity contribution in [2.24, 2.45) is 0 Å². The molecule has 1 aromatic carbocycles. The number of nitrogens with zero attached hydrogens (tertiary/aromatic N) is 3. The SMILES string of the molecule is CCCCCCC(C)Nc1nnc2ccccc2n1. The molecule has 1 atom stereocenters. The average Bonchev–Trinajstić information content (AvgIpc) is 2.43. The lowest BCUT2D eigenvalue weighted by molar-refractivity contribution is 0.591. The zero-order valence-corrected chi connectivity index (χ0v) is 11.8. The third kappa shape index (κ3) is 4.16. The second kappa shape index (κ2) is 7.02. The summed E-state index contributed by atoms with van der Waals surface area (Å²) >= 11 is 0. The van der Waals surface area contributed by atoms with Gasteiger partial charge in [0.2, 0.25) is 5.95 Å². The van der Waals surface area contributed by atoms with Crippen LogP contribution in [0.3, 0.4) is 0 Å². The van der Waals surface area contributed by atoms with Crippen LogP contribution in [0.15, 0.2) is 24.3 Å². The maximum atomic E-state index is 4.47. The largest absolute Gasteiger partial charge is 0.350 e. The Hall–Kier alpha value is -1.71. The molecule has 0 radical (unpaired) electrons. The van der Waals surface area contributed by atoms with Crippen molar-refractivity contribution in [3.63, 3.8) is 0 Å². The first-order chi connectivity index (χ1) is 9.29. The van der Waals surface area contributed by atoms with Crippen molar-refractivity contribution in [1.29, 1.82) is 0 Å². The van der Waals surface area contributed by atoms with Gasteiger partial charge in [0.15, 0.2) is 0 Å². The van der Waals surface area contributed by atoms with E-state index < -0.39 is 0 Å². The first kappa shape index (κ1) is 13.7. The third-order valence-electron chi connectivity index (χ3n) is 3.23. The number of fused-ring (bicyclic) bond motifs is 1. The van der Waals surface area contributed by atoms with Gasteiger partial charge in [-0.1, -0.05) is 44.7 Å². The van der Waals surface area contributed by atoms with Crippen LogP contribution >= 0.6 is 0 Å². The Morgan fingerprint density at radius 1 is 1.05 bits per heavy atom. The Morgan fingerprint density at radius 2 is 1.84 bits per heavy atom. The highest BCUT2D eigenvalue weighted by Gasteiger charge is 2.05. The number of aromatic nitrogens is 3. The Morgan fingerprint density at radius 3 is 2.63 bits per heavy atom. The molecule has 1 N–H and O–H groups in total. The molecule has 0 aliphatic heterocycles. The van der Waals surface area contributed by atoms with E-state index >= 15 is 0 Å². The van der Waals surface area contributed by atoms with E-state index in [0.717, 1.165) is 17.5 Å². The zero-order chi connectivity index (χ0) is 13.5. The first-order valence-electron chi connectivity index (χ1n) is 7.15. The lowest BCUT2D eigenvalue weighted by atomic mass is 10.1. The quantitative estimate of drug-likeness (QED) is 0.767. The van der Waals surface area contributed by atoms with Crippen LogP contribution in [-0.2, 0) is 0 Å². The van der Waals surface area contributed by atoms with E-state index in [-0.39, 0.29) is 0 Å². The number of hydrogen-bond donors (Lipinski definition) is 1. The fourth-order valence-electron chi connectivity index (χ4n) is 2.11. The number of hydrogen-bond acceptors (Lipinski definition) is 4. The highest BCUT2D eigenvalue weighted by atomic mass is 15.2. The molecule has 1 unspecified atom stereocenters. The molecule has 0 spiro atoms. The Bertz CT molecular complexity index is 512. The maximum Gasteiger partial charge on any atom is 0.243 e. The van der Waals surface area contributed by atoms with Gasteiger partial charge in [-0.05, 0) is 25.5 Å². The second-order valence-corrected chi connectivity index (χ2v) is 5.02. The number of nitrogens with one attached hydrogen (secondary N) is 1. The van der Waals surface area contributed by atoms with Crippen LogP contribution in [0, 0.1) is 0 Å². The summed E-state index contributed by atoms with van der Waals surface area (Å²) in [6.45, 7) is 4.40. The fourth-order valence-corrected chi connectivity index (χ4v) is 2.11. The van der Waals surface area contributed by atoms with E-state index in [1.807, 2.05) is 24.3 Å². The molecule has 1 heterocycles. The van der Waals surface area contributed by atoms with Crippen molar-refractivity contribution in [2.45, 2.75) is 52.0 Å². The molecule has 2 rings (SSSR count). The second-order valence-electron chi connectivity index (χ2n) is 5.02. The molecule has 0 aliphatic rings. The van der Waals surface area contributed by atoms with Gasteiger partial charge in [0.05, 0.1) is 5.52 Å². The Kier molecular flexibility index (Phi) is 5.07. The topological polar surface area (TPSA) is 50.7 Å². The Labute approximate surface area is 114 Å². The highest BCUT2D eigenvalue weighted by molar-refractivity contribution is 5.74. The molecule has 4 nitrogen and oxygen atoms in total. The van der Waals surface area contributed by atoms with Gasteiger partial charge < -0.3 is 5.32 Å². The predicted octanol–water partition coefficient (Wildman–Crippen LogP) is 3.80. The van der Waals surface area contributed by atoms with Gasteiger partial charge in [-0.2, -0.15) is 0 Å². The van der Waals surface area contributed by atoms with Crippen molar-refractivity contribution in [3.8, 4) is 0 Å². The highest BCUT2D eigenvalue weighted by Crippen LogP contribution is 2.12. The molecule has 1 aromatic heterocycles. The van der Waals surface area contributed by atoms with Crippen LogP contribution < -0.4 is 5.32 Å². The summed E-state index contributed by atoms with van der Waals surface area (Å²) in [6.07, 6.45) is 6.30. The van der Waals surface area contributed by atoms with E-state index in [1.165, 1.54) is 25.7 Å². The van der Waals surface area contributed by atoms with Crippen molar-refractivity contribution in [2.75, 3.05) is 5.32 Å². The van der Waals surface area contributed by atoms with Gasteiger partial charge in [-0.25, -0.2) is 4.98 Å². The summed E-state index contributed by atoms with van der Waals surface area (Å²) in [5.74, 6) is 0.627. The molecular weight excluding hydrogens is 236 g/mol. The molecule has 0 aliphatic carbocycles. The summed E-state index contributed by atoms with van der Waals surface area (Å²) in [4.78, 5) is 4.47. The van der Waals surface area contributed by atoms with Gasteiger partial charge in [-0.15, -0.1) is 10.2 Å². The minimum absolute atomic E-state index is 0.389. The average molecular weight is 258 g/mol. The summed E-state index contributed by atoms with van der Waals surface area (Å²) < 4.78 is 0. The molecule has 0 saturated carbocycles. The minimum atomic E-state index is 0.389. The van der Waals surface area contributed by atoms with Crippen molar-refractivity contribution < 1.29 is 0 Å². The van der Waals surface area contributed by atoms with Gasteiger partial charge in [-0.3, -0.25) is 0 Å². The van der Waals surface area contributed by atoms with Crippen LogP contribution in [0.4, 0.5) is 5.95 Å². The van der Waals surface area contributed by atoms with Crippen LogP contribution in [0.5, 0.6) is 0 Å². The van der Waals surface area contributed by atoms with E-state index in [4.69, 9.17) is 0 Å². The van der Waals surface area contributed by atoms with E-state index in [0.29, 0.717) is 12.0 Å². The molecule has 2 aromatic rings. The van der Waals surface area contributed by atoms with E-state index in [1.54, 1.807) is 0 Å². The molecule has 4 heteroatoms. The molecule has 0 saturated heterocycles. The van der Waals surface area contributed by atoms with E-state index in [2.05, 4.69) is 34.3 Å². The van der Waals surface area contributed by atoms with Gasteiger partial charge in [0.1, 0.15) is 5.52 Å². The van der Waals surface area contributed by atoms with Crippen LogP contribution in [0.1, 0.15) is 46.0 Å². The van der Waals surface area contributed by atoms with Crippen molar-refractivity contribution >= 4 is 17.0 Å². The fraction of sp³-hybridized carbons (Fsp3) is 0.533. The third-order valence-corrected chi connectivity index (χ3v) is 3.23. The van der Waals surface area contributed by atoms with Gasteiger partial charge in [0.25, 0.3) is 0 Å². The van der Waals surface area contributed by atoms with Gasteiger partial charge in [0, 0.05) is 6.04 Å². The van der Waals surface area contributed by atoms with Crippen LogP contribution in [-0.4, -0.2) is 21.2 Å². The van der Waals surface area contributed by atoms with Crippen LogP contribution in [0.25, 0.3) is 11.0 Å². The number of rotatable bonds is 7. The predicted molar refractivity (Wildman–Crippen MR) is 79.2 cm³/mol. The molecule has 0 amide bonds. The lowest BCUT2D eigenvalue weighted by Gasteiger charge is -2.13. The summed E-state index contributed by atoms with van der Waals surface area (Å²) in [7, 11) is 0. The maximum absolute atomic E-state index is 4.47. The smallest absolute Gasteiger partial charge is 0.243 e. The summed E-state index contributed by atoms with van der Waals surface area (Å²) in [5.41, 5.74) is 1.72. The number of anilines is 1. The molecule has 19 heavy (non-hydrogen) atoms. The van der Waals surface area contributed by atoms with Crippen LogP contribution in [0.2, 0.25) is 0 Å². The van der Waals surface area contributed by atoms with E-state index in [9.17, 15) is 0 Å². The van der Waals surface area contributed by atoms with Crippen molar-refractivity contribution in [3.05, 3.63) is 24.3 Å². The van der Waals surface area contributed by atoms with Crippen molar-refractivity contribution in [1.82, 2.24) is 15.2 Å². The molecule has 0 bridgehead atoms. The first-order valence-corrected chi connectivity index (χ1v) is 7.15. The Balaban J connectivity index is 1.89. The molecule has 102 valence electrons. The lowest BCUT2D eigenvalue weighted by Crippen LogP contribution is -2.17. The standard InChI is InChI=1S/C15H22N4/c1-3-4-5-6-9-12(2)16-15-17-13-10-7-8-11-14(13)18-19-15/h7-8,10-12H,3-6,9H2,1-2H3,(H,16,17,19). The summed E-state index contributed by atoms with van der Waals surface area (Å²) in [6, 6.07) is 8.19. The molecule has 0 fully saturated rings. The monoisotopic (exact) mass is 258 g/mol. The minimum Gasteiger partial charge on any atom is -0.350 e. The number of unbranched alkanes of at least 4 members (excludes halogenated alkanes) is 3.